The summed E-state index contributed by atoms with van der Waals surface area (Å²) in [4.78, 5) is 24.8. The number of pyridine rings is 1. The van der Waals surface area contributed by atoms with E-state index in [1.807, 2.05) is 0 Å². The van der Waals surface area contributed by atoms with Gasteiger partial charge in [0.05, 0.1) is 4.92 Å². The van der Waals surface area contributed by atoms with Gasteiger partial charge in [-0.2, -0.15) is 0 Å². The summed E-state index contributed by atoms with van der Waals surface area (Å²) < 4.78 is 0. The van der Waals surface area contributed by atoms with Gasteiger partial charge < -0.3 is 16.5 Å². The van der Waals surface area contributed by atoms with Gasteiger partial charge in [-0.3, -0.25) is 14.9 Å². The zero-order valence-electron chi connectivity index (χ0n) is 9.01. The number of hydrogen-bond acceptors (Lipinski definition) is 7. The lowest BCUT2D eigenvalue weighted by Crippen LogP contribution is -2.33. The molecule has 1 atom stereocenters. The topological polar surface area (TPSA) is 149 Å². The molecule has 0 aliphatic heterocycles. The number of rotatable bonds is 5. The Kier molecular flexibility index (Phi) is 3.78. The number of primary amides is 1. The summed E-state index contributed by atoms with van der Waals surface area (Å²) in [5, 5.41) is 13.3. The van der Waals surface area contributed by atoms with Crippen LogP contribution in [0.2, 0.25) is 0 Å². The normalized spacial score (nSPS) is 11.6. The van der Waals surface area contributed by atoms with Gasteiger partial charge in [0.15, 0.2) is 0 Å². The number of hydrazine groups is 1. The van der Waals surface area contributed by atoms with Crippen molar-refractivity contribution in [3.63, 3.8) is 0 Å². The number of anilines is 2. The first kappa shape index (κ1) is 12.6. The third-order valence-corrected chi connectivity index (χ3v) is 2.00. The van der Waals surface area contributed by atoms with E-state index in [9.17, 15) is 14.9 Å². The molecule has 0 bridgehead atoms. The first-order chi connectivity index (χ1) is 7.95. The van der Waals surface area contributed by atoms with Gasteiger partial charge in [-0.15, -0.1) is 0 Å². The fourth-order valence-electron chi connectivity index (χ4n) is 1.06. The van der Waals surface area contributed by atoms with Crippen molar-refractivity contribution in [2.45, 2.75) is 13.0 Å². The van der Waals surface area contributed by atoms with Gasteiger partial charge in [0.1, 0.15) is 11.9 Å². The molecule has 0 radical (unpaired) electrons. The lowest BCUT2D eigenvalue weighted by molar-refractivity contribution is -0.384. The number of nitro groups is 1. The van der Waals surface area contributed by atoms with Crippen molar-refractivity contribution >= 4 is 23.2 Å². The summed E-state index contributed by atoms with van der Waals surface area (Å²) in [5.74, 6) is 4.65. The number of nitrogen functional groups attached to an aromatic ring is 1. The number of hydrogen-bond donors (Lipinski definition) is 4. The molecule has 0 saturated carbocycles. The Morgan fingerprint density at radius 2 is 2.24 bits per heavy atom. The second-order valence-corrected chi connectivity index (χ2v) is 3.23. The largest absolute Gasteiger partial charge is 0.368 e. The maximum Gasteiger partial charge on any atom is 0.311 e. The number of nitrogens with zero attached hydrogens (tertiary/aromatic N) is 2. The SMILES string of the molecule is CC(Nc1nc(NN)ccc1[N+](=O)[O-])C(N)=O. The first-order valence-corrected chi connectivity index (χ1v) is 4.63. The Bertz CT molecular complexity index is 449. The van der Waals surface area contributed by atoms with Crippen molar-refractivity contribution in [1.29, 1.82) is 0 Å². The van der Waals surface area contributed by atoms with Crippen LogP contribution in [0.4, 0.5) is 17.3 Å². The number of nitrogens with two attached hydrogens (primary N) is 2. The Hall–Kier alpha value is -2.42. The zero-order chi connectivity index (χ0) is 13.0. The van der Waals surface area contributed by atoms with Crippen LogP contribution in [-0.2, 0) is 4.79 Å². The van der Waals surface area contributed by atoms with E-state index >= 15 is 0 Å². The summed E-state index contributed by atoms with van der Waals surface area (Å²) in [6, 6.07) is 1.78. The molecule has 6 N–H and O–H groups in total. The van der Waals surface area contributed by atoms with Crippen molar-refractivity contribution in [2.24, 2.45) is 11.6 Å². The molecular weight excluding hydrogens is 228 g/mol. The third kappa shape index (κ3) is 3.01. The maximum atomic E-state index is 10.9. The number of nitrogens with one attached hydrogen (secondary N) is 2. The zero-order valence-corrected chi connectivity index (χ0v) is 9.01. The second kappa shape index (κ2) is 5.07. The Morgan fingerprint density at radius 3 is 2.71 bits per heavy atom. The molecule has 92 valence electrons. The van der Waals surface area contributed by atoms with E-state index in [1.165, 1.54) is 19.1 Å². The number of carbonyl (C=O) groups is 1. The van der Waals surface area contributed by atoms with Crippen molar-refractivity contribution in [3.8, 4) is 0 Å². The average molecular weight is 240 g/mol. The Balaban J connectivity index is 3.09. The van der Waals surface area contributed by atoms with Gasteiger partial charge in [0, 0.05) is 6.07 Å². The highest BCUT2D eigenvalue weighted by Crippen LogP contribution is 2.24. The molecule has 0 spiro atoms. The maximum absolute atomic E-state index is 10.9. The molecule has 1 amide bonds. The smallest absolute Gasteiger partial charge is 0.311 e. The number of carbonyl (C=O) groups excluding carboxylic acids is 1. The predicted octanol–water partition coefficient (Wildman–Crippen LogP) is -0.439. The van der Waals surface area contributed by atoms with Crippen molar-refractivity contribution in [1.82, 2.24) is 4.98 Å². The van der Waals surface area contributed by atoms with Gasteiger partial charge in [-0.1, -0.05) is 0 Å². The van der Waals surface area contributed by atoms with Gasteiger partial charge in [0.25, 0.3) is 0 Å². The van der Waals surface area contributed by atoms with E-state index < -0.39 is 16.9 Å². The Morgan fingerprint density at radius 1 is 1.59 bits per heavy atom. The molecule has 17 heavy (non-hydrogen) atoms. The molecule has 1 rings (SSSR count). The summed E-state index contributed by atoms with van der Waals surface area (Å²) in [6.45, 7) is 1.47. The molecule has 1 aromatic rings. The molecule has 0 aliphatic rings. The standard InChI is InChI=1S/C8H12N6O3/c1-4(7(9)15)11-8-5(14(16)17)2-3-6(12-8)13-10/h2-4H,10H2,1H3,(H2,9,15)(H2,11,12,13). The predicted molar refractivity (Wildman–Crippen MR) is 61.0 cm³/mol. The van der Waals surface area contributed by atoms with E-state index in [0.29, 0.717) is 0 Å². The molecule has 0 fully saturated rings. The van der Waals surface area contributed by atoms with Crippen LogP contribution in [0, 0.1) is 10.1 Å². The van der Waals surface area contributed by atoms with Crippen LogP contribution >= 0.6 is 0 Å². The number of amides is 1. The van der Waals surface area contributed by atoms with E-state index in [2.05, 4.69) is 15.7 Å². The third-order valence-electron chi connectivity index (χ3n) is 2.00. The van der Waals surface area contributed by atoms with Crippen LogP contribution < -0.4 is 22.3 Å². The average Bonchev–Trinajstić information content (AvgIpc) is 2.28. The molecule has 0 saturated heterocycles. The fourth-order valence-corrected chi connectivity index (χ4v) is 1.06. The molecule has 0 aliphatic carbocycles. The fraction of sp³-hybridized carbons (Fsp3) is 0.250. The van der Waals surface area contributed by atoms with Crippen molar-refractivity contribution in [2.75, 3.05) is 10.7 Å². The van der Waals surface area contributed by atoms with E-state index in [4.69, 9.17) is 11.6 Å². The van der Waals surface area contributed by atoms with Gasteiger partial charge in [0.2, 0.25) is 11.7 Å². The lowest BCUT2D eigenvalue weighted by atomic mass is 10.3. The van der Waals surface area contributed by atoms with Crippen LogP contribution in [0.5, 0.6) is 0 Å². The Labute approximate surface area is 96.3 Å². The highest BCUT2D eigenvalue weighted by atomic mass is 16.6. The molecule has 1 unspecified atom stereocenters. The molecule has 9 heteroatoms. The molecule has 0 aromatic carbocycles. The summed E-state index contributed by atoms with van der Waals surface area (Å²) in [5.41, 5.74) is 7.02. The second-order valence-electron chi connectivity index (χ2n) is 3.23. The minimum atomic E-state index is -0.783. The highest BCUT2D eigenvalue weighted by molar-refractivity contribution is 5.83. The van der Waals surface area contributed by atoms with Gasteiger partial charge >= 0.3 is 5.69 Å². The summed E-state index contributed by atoms with van der Waals surface area (Å²) >= 11 is 0. The summed E-state index contributed by atoms with van der Waals surface area (Å²) in [6.07, 6.45) is 0. The monoisotopic (exact) mass is 240 g/mol. The lowest BCUT2D eigenvalue weighted by Gasteiger charge is -2.11. The van der Waals surface area contributed by atoms with Gasteiger partial charge in [-0.05, 0) is 13.0 Å². The van der Waals surface area contributed by atoms with Crippen LogP contribution in [-0.4, -0.2) is 21.9 Å². The first-order valence-electron chi connectivity index (χ1n) is 4.63. The minimum absolute atomic E-state index is 0.0725. The van der Waals surface area contributed by atoms with E-state index in [0.717, 1.165) is 0 Å². The van der Waals surface area contributed by atoms with Crippen LogP contribution in [0.15, 0.2) is 12.1 Å². The molecular formula is C8H12N6O3. The molecule has 1 aromatic heterocycles. The minimum Gasteiger partial charge on any atom is -0.368 e. The van der Waals surface area contributed by atoms with Crippen LogP contribution in [0.3, 0.4) is 0 Å². The van der Waals surface area contributed by atoms with Crippen LogP contribution in [0.1, 0.15) is 6.92 Å². The van der Waals surface area contributed by atoms with Gasteiger partial charge in [-0.25, -0.2) is 10.8 Å². The molecule has 9 nitrogen and oxygen atoms in total. The van der Waals surface area contributed by atoms with E-state index in [1.54, 1.807) is 0 Å². The molecule has 1 heterocycles. The quantitative estimate of drug-likeness (QED) is 0.309. The van der Waals surface area contributed by atoms with Crippen LogP contribution in [0.25, 0.3) is 0 Å². The number of aromatic nitrogens is 1. The summed E-state index contributed by atoms with van der Waals surface area (Å²) in [7, 11) is 0. The van der Waals surface area contributed by atoms with Crippen molar-refractivity contribution in [3.05, 3.63) is 22.2 Å². The van der Waals surface area contributed by atoms with E-state index in [-0.39, 0.29) is 17.3 Å². The van der Waals surface area contributed by atoms with Crippen molar-refractivity contribution < 1.29 is 9.72 Å². The highest BCUT2D eigenvalue weighted by Gasteiger charge is 2.19.